The zero-order valence-electron chi connectivity index (χ0n) is 13.7. The Kier molecular flexibility index (Phi) is 13.6. The van der Waals surface area contributed by atoms with Gasteiger partial charge in [0.25, 0.3) is 0 Å². The SMILES string of the molecule is CCC=CCC(O)C(=O)CC=CCCCCCCCC(=O)O. The Bertz CT molecular complexity index is 358. The number of hydrogen-bond donors (Lipinski definition) is 2. The summed E-state index contributed by atoms with van der Waals surface area (Å²) in [6.07, 6.45) is 14.4. The van der Waals surface area contributed by atoms with Gasteiger partial charge in [-0.3, -0.25) is 9.59 Å². The topological polar surface area (TPSA) is 74.6 Å². The number of rotatable bonds is 14. The van der Waals surface area contributed by atoms with E-state index >= 15 is 0 Å². The first-order valence-corrected chi connectivity index (χ1v) is 8.30. The van der Waals surface area contributed by atoms with E-state index in [-0.39, 0.29) is 12.2 Å². The van der Waals surface area contributed by atoms with Crippen molar-refractivity contribution >= 4 is 11.8 Å². The van der Waals surface area contributed by atoms with Gasteiger partial charge in [0, 0.05) is 12.8 Å². The minimum absolute atomic E-state index is 0.134. The van der Waals surface area contributed by atoms with Crippen molar-refractivity contribution in [1.82, 2.24) is 0 Å². The van der Waals surface area contributed by atoms with Gasteiger partial charge in [0.2, 0.25) is 0 Å². The number of aliphatic hydroxyl groups excluding tert-OH is 1. The van der Waals surface area contributed by atoms with Gasteiger partial charge >= 0.3 is 5.97 Å². The lowest BCUT2D eigenvalue weighted by atomic mass is 10.1. The van der Waals surface area contributed by atoms with E-state index in [2.05, 4.69) is 0 Å². The molecule has 0 aromatic rings. The predicted molar refractivity (Wildman–Crippen MR) is 88.8 cm³/mol. The van der Waals surface area contributed by atoms with Crippen molar-refractivity contribution in [1.29, 1.82) is 0 Å². The van der Waals surface area contributed by atoms with Crippen molar-refractivity contribution < 1.29 is 19.8 Å². The second-order valence-electron chi connectivity index (χ2n) is 5.47. The third-order valence-corrected chi connectivity index (χ3v) is 3.38. The van der Waals surface area contributed by atoms with E-state index in [1.165, 1.54) is 0 Å². The van der Waals surface area contributed by atoms with Crippen LogP contribution in [-0.4, -0.2) is 28.1 Å². The Hall–Kier alpha value is -1.42. The van der Waals surface area contributed by atoms with Gasteiger partial charge in [-0.1, -0.05) is 50.5 Å². The fraction of sp³-hybridized carbons (Fsp3) is 0.667. The van der Waals surface area contributed by atoms with Gasteiger partial charge in [0.15, 0.2) is 5.78 Å². The predicted octanol–water partition coefficient (Wildman–Crippen LogP) is 4.03. The Morgan fingerprint density at radius 2 is 1.64 bits per heavy atom. The minimum atomic E-state index is -0.887. The lowest BCUT2D eigenvalue weighted by Gasteiger charge is -2.04. The third kappa shape index (κ3) is 13.6. The summed E-state index contributed by atoms with van der Waals surface area (Å²) in [5.41, 5.74) is 0. The average molecular weight is 310 g/mol. The van der Waals surface area contributed by atoms with E-state index in [1.807, 2.05) is 31.2 Å². The lowest BCUT2D eigenvalue weighted by molar-refractivity contribution is -0.137. The number of carbonyl (C=O) groups excluding carboxylic acids is 1. The van der Waals surface area contributed by atoms with Crippen LogP contribution in [0, 0.1) is 0 Å². The Morgan fingerprint density at radius 3 is 2.32 bits per heavy atom. The summed E-state index contributed by atoms with van der Waals surface area (Å²) in [4.78, 5) is 21.9. The van der Waals surface area contributed by atoms with Gasteiger partial charge in [-0.2, -0.15) is 0 Å². The van der Waals surface area contributed by atoms with Crippen molar-refractivity contribution in [2.24, 2.45) is 0 Å². The molecular formula is C18H30O4. The van der Waals surface area contributed by atoms with Crippen LogP contribution in [0.25, 0.3) is 0 Å². The third-order valence-electron chi connectivity index (χ3n) is 3.38. The molecule has 1 unspecified atom stereocenters. The van der Waals surface area contributed by atoms with Crippen molar-refractivity contribution in [2.75, 3.05) is 0 Å². The molecule has 4 nitrogen and oxygen atoms in total. The highest BCUT2D eigenvalue weighted by Gasteiger charge is 2.10. The van der Waals surface area contributed by atoms with Crippen LogP contribution in [-0.2, 0) is 9.59 Å². The van der Waals surface area contributed by atoms with E-state index in [0.717, 1.165) is 44.9 Å². The van der Waals surface area contributed by atoms with Crippen LogP contribution in [0.15, 0.2) is 24.3 Å². The molecule has 126 valence electrons. The highest BCUT2D eigenvalue weighted by molar-refractivity contribution is 5.84. The second-order valence-corrected chi connectivity index (χ2v) is 5.47. The highest BCUT2D eigenvalue weighted by Crippen LogP contribution is 2.08. The lowest BCUT2D eigenvalue weighted by Crippen LogP contribution is -2.18. The fourth-order valence-corrected chi connectivity index (χ4v) is 2.05. The Morgan fingerprint density at radius 1 is 0.955 bits per heavy atom. The molecule has 0 saturated carbocycles. The van der Waals surface area contributed by atoms with Crippen LogP contribution in [0.3, 0.4) is 0 Å². The van der Waals surface area contributed by atoms with Crippen LogP contribution in [0.5, 0.6) is 0 Å². The molecule has 1 atom stereocenters. The second kappa shape index (κ2) is 14.5. The summed E-state index contributed by atoms with van der Waals surface area (Å²) >= 11 is 0. The number of ketones is 1. The van der Waals surface area contributed by atoms with Crippen LogP contribution >= 0.6 is 0 Å². The van der Waals surface area contributed by atoms with Gasteiger partial charge < -0.3 is 10.2 Å². The molecule has 0 aliphatic rings. The molecule has 2 N–H and O–H groups in total. The molecule has 0 aromatic heterocycles. The van der Waals surface area contributed by atoms with E-state index in [0.29, 0.717) is 12.8 Å². The van der Waals surface area contributed by atoms with Gasteiger partial charge in [0.05, 0.1) is 0 Å². The molecule has 0 rings (SSSR count). The van der Waals surface area contributed by atoms with Crippen molar-refractivity contribution in [2.45, 2.75) is 77.2 Å². The molecule has 0 spiro atoms. The first-order chi connectivity index (χ1) is 10.6. The molecule has 0 aliphatic carbocycles. The average Bonchev–Trinajstić information content (AvgIpc) is 2.48. The molecule has 4 heteroatoms. The number of aliphatic carboxylic acids is 1. The van der Waals surface area contributed by atoms with Crippen LogP contribution in [0.2, 0.25) is 0 Å². The number of aliphatic hydroxyl groups is 1. The maximum absolute atomic E-state index is 11.6. The van der Waals surface area contributed by atoms with E-state index in [9.17, 15) is 14.7 Å². The molecule has 0 radical (unpaired) electrons. The van der Waals surface area contributed by atoms with Crippen LogP contribution < -0.4 is 0 Å². The van der Waals surface area contributed by atoms with Crippen LogP contribution in [0.1, 0.15) is 71.1 Å². The number of hydrogen-bond acceptors (Lipinski definition) is 3. The van der Waals surface area contributed by atoms with Gasteiger partial charge in [-0.05, 0) is 32.1 Å². The first-order valence-electron chi connectivity index (χ1n) is 8.30. The number of carboxylic acids is 1. The first kappa shape index (κ1) is 20.6. The Labute approximate surface area is 133 Å². The molecule has 0 heterocycles. The van der Waals surface area contributed by atoms with E-state index in [1.54, 1.807) is 0 Å². The summed E-state index contributed by atoms with van der Waals surface area (Å²) in [5, 5.41) is 18.1. The summed E-state index contributed by atoms with van der Waals surface area (Å²) in [5.74, 6) is -0.856. The van der Waals surface area contributed by atoms with Gasteiger partial charge in [-0.25, -0.2) is 0 Å². The monoisotopic (exact) mass is 310 g/mol. The zero-order valence-corrected chi connectivity index (χ0v) is 13.7. The number of carboxylic acid groups (broad SMARTS) is 1. The summed E-state index contributed by atoms with van der Waals surface area (Å²) < 4.78 is 0. The van der Waals surface area contributed by atoms with E-state index < -0.39 is 12.1 Å². The highest BCUT2D eigenvalue weighted by atomic mass is 16.4. The molecule has 22 heavy (non-hydrogen) atoms. The van der Waals surface area contributed by atoms with E-state index in [4.69, 9.17) is 5.11 Å². The quantitative estimate of drug-likeness (QED) is 0.375. The van der Waals surface area contributed by atoms with Gasteiger partial charge in [0.1, 0.15) is 6.10 Å². The molecule has 0 aliphatic heterocycles. The number of allylic oxidation sites excluding steroid dienone is 3. The maximum Gasteiger partial charge on any atom is 0.303 e. The number of Topliss-reactive ketones (excluding diaryl/α,β-unsaturated/α-hetero) is 1. The van der Waals surface area contributed by atoms with Crippen molar-refractivity contribution in [3.8, 4) is 0 Å². The summed E-state index contributed by atoms with van der Waals surface area (Å²) in [6.45, 7) is 2.01. The maximum atomic E-state index is 11.6. The van der Waals surface area contributed by atoms with Crippen LogP contribution in [0.4, 0.5) is 0 Å². The normalized spacial score (nSPS) is 13.0. The standard InChI is InChI=1S/C18H30O4/c1-2-3-10-13-16(19)17(20)14-11-8-6-4-5-7-9-12-15-18(21)22/h3,8,10-11,16,19H,2,4-7,9,12-15H2,1H3,(H,21,22). The minimum Gasteiger partial charge on any atom is -0.481 e. The smallest absolute Gasteiger partial charge is 0.303 e. The zero-order chi connectivity index (χ0) is 16.6. The van der Waals surface area contributed by atoms with Gasteiger partial charge in [-0.15, -0.1) is 0 Å². The number of carbonyl (C=O) groups is 2. The molecule has 0 aromatic carbocycles. The number of unbranched alkanes of at least 4 members (excludes halogenated alkanes) is 5. The van der Waals surface area contributed by atoms with Crippen molar-refractivity contribution in [3.05, 3.63) is 24.3 Å². The molecule has 0 amide bonds. The molecule has 0 bridgehead atoms. The molecule has 0 saturated heterocycles. The fourth-order valence-electron chi connectivity index (χ4n) is 2.05. The molecule has 0 fully saturated rings. The summed E-state index contributed by atoms with van der Waals surface area (Å²) in [7, 11) is 0. The largest absolute Gasteiger partial charge is 0.481 e. The van der Waals surface area contributed by atoms with Crippen molar-refractivity contribution in [3.63, 3.8) is 0 Å². The molecular weight excluding hydrogens is 280 g/mol. The Balaban J connectivity index is 3.51. The summed E-state index contributed by atoms with van der Waals surface area (Å²) in [6, 6.07) is 0.